The zero-order chi connectivity index (χ0) is 45.5. The number of nitriles is 1. The normalized spacial score (nSPS) is 13.0. The predicted molar refractivity (Wildman–Crippen MR) is 253 cm³/mol. The summed E-state index contributed by atoms with van der Waals surface area (Å²) in [6.45, 7) is 10.5. The van der Waals surface area contributed by atoms with Gasteiger partial charge in [0, 0.05) is 42.9 Å². The van der Waals surface area contributed by atoms with Gasteiger partial charge in [0.1, 0.15) is 23.7 Å². The second kappa shape index (κ2) is 22.9. The minimum atomic E-state index is -1.42. The van der Waals surface area contributed by atoms with Crippen LogP contribution in [0.4, 0.5) is 22.7 Å². The Morgan fingerprint density at radius 3 is 1.86 bits per heavy atom. The molecule has 2 unspecified atom stereocenters. The molecular weight excluding hydrogens is 828 g/mol. The molecule has 0 aliphatic carbocycles. The molecule has 64 heavy (non-hydrogen) atoms. The third kappa shape index (κ3) is 11.5. The molecule has 0 saturated carbocycles. The van der Waals surface area contributed by atoms with E-state index in [1.54, 1.807) is 38.5 Å². The van der Waals surface area contributed by atoms with Crippen LogP contribution in [0.1, 0.15) is 50.8 Å². The highest BCUT2D eigenvalue weighted by Gasteiger charge is 2.36. The van der Waals surface area contributed by atoms with Crippen LogP contribution in [-0.4, -0.2) is 68.8 Å². The van der Waals surface area contributed by atoms with Gasteiger partial charge in [-0.25, -0.2) is 4.67 Å². The Kier molecular flexibility index (Phi) is 16.9. The maximum Gasteiger partial charge on any atom is 0.277 e. The molecule has 0 aromatic heterocycles. The molecule has 6 aromatic rings. The lowest BCUT2D eigenvalue weighted by Crippen LogP contribution is -2.35. The zero-order valence-corrected chi connectivity index (χ0v) is 38.1. The largest absolute Gasteiger partial charge is 0.497 e. The Morgan fingerprint density at radius 1 is 0.688 bits per heavy atom. The summed E-state index contributed by atoms with van der Waals surface area (Å²) in [6, 6.07) is 46.5. The number of hydrogen-bond acceptors (Lipinski definition) is 12. The molecule has 0 amide bonds. The molecule has 332 valence electrons. The van der Waals surface area contributed by atoms with E-state index in [2.05, 4.69) is 65.7 Å². The van der Waals surface area contributed by atoms with Gasteiger partial charge in [0.25, 0.3) is 14.2 Å². The van der Waals surface area contributed by atoms with E-state index in [1.165, 1.54) is 6.07 Å². The summed E-state index contributed by atoms with van der Waals surface area (Å²) in [5.74, 6) is 1.47. The average Bonchev–Trinajstić information content (AvgIpc) is 3.31. The standard InChI is InChI=1S/C50H55N6O7P/c1-37(2)55(38(3)4)64(62-34-12-31-51)63-36-33-54(43-23-21-42(22-24-43)52-53-48-29-30-49(56(57)58)47-16-11-10-15-46(47)48)32-35-61-45-27-19-41(20-28-45)50(60-6,39-13-8-7-9-14-39)40-17-25-44(59-5)26-18-40/h7-11,13-30,37-38H,12,32-36H2,1-6H3. The van der Waals surface area contributed by atoms with E-state index in [0.717, 1.165) is 28.1 Å². The Bertz CT molecular complexity index is 2480. The highest BCUT2D eigenvalue weighted by Crippen LogP contribution is 2.46. The van der Waals surface area contributed by atoms with Crippen LogP contribution < -0.4 is 14.4 Å². The maximum atomic E-state index is 11.6. The Labute approximate surface area is 376 Å². The van der Waals surface area contributed by atoms with E-state index >= 15 is 0 Å². The first-order chi connectivity index (χ1) is 31.1. The van der Waals surface area contributed by atoms with Gasteiger partial charge in [-0.3, -0.25) is 10.1 Å². The van der Waals surface area contributed by atoms with E-state index in [-0.39, 0.29) is 30.8 Å². The summed E-state index contributed by atoms with van der Waals surface area (Å²) in [5, 5.41) is 30.9. The van der Waals surface area contributed by atoms with Crippen molar-refractivity contribution in [2.75, 3.05) is 52.0 Å². The summed E-state index contributed by atoms with van der Waals surface area (Å²) in [5.41, 5.74) is 4.13. The number of anilines is 1. The molecule has 2 atom stereocenters. The molecule has 0 bridgehead atoms. The second-order valence-electron chi connectivity index (χ2n) is 15.3. The van der Waals surface area contributed by atoms with E-state index in [9.17, 15) is 15.4 Å². The number of azo groups is 1. The number of benzene rings is 6. The fraction of sp³-hybridized carbons (Fsp3) is 0.300. The summed E-state index contributed by atoms with van der Waals surface area (Å²) < 4.78 is 33.1. The van der Waals surface area contributed by atoms with Crippen LogP contribution >= 0.6 is 8.53 Å². The van der Waals surface area contributed by atoms with Crippen LogP contribution in [0.15, 0.2) is 150 Å². The van der Waals surface area contributed by atoms with Gasteiger partial charge in [-0.2, -0.15) is 10.4 Å². The SMILES string of the molecule is COc1ccc(C(OC)(c2ccccc2)c2ccc(OCCN(CCOP(OCCC#N)N(C(C)C)C(C)C)c3ccc(N=Nc4ccc([N+](=O)[O-])c5ccccc45)cc3)cc2)cc1. The number of fused-ring (bicyclic) bond motifs is 1. The molecule has 6 aromatic carbocycles. The van der Waals surface area contributed by atoms with Crippen molar-refractivity contribution < 1.29 is 28.2 Å². The second-order valence-corrected chi connectivity index (χ2v) is 16.8. The smallest absolute Gasteiger partial charge is 0.277 e. The number of methoxy groups -OCH3 is 2. The highest BCUT2D eigenvalue weighted by atomic mass is 31.2. The maximum absolute atomic E-state index is 11.6. The first-order valence-corrected chi connectivity index (χ1v) is 22.3. The van der Waals surface area contributed by atoms with Crippen molar-refractivity contribution in [1.82, 2.24) is 4.67 Å². The van der Waals surface area contributed by atoms with Crippen molar-refractivity contribution in [3.8, 4) is 17.6 Å². The van der Waals surface area contributed by atoms with Gasteiger partial charge in [-0.15, -0.1) is 5.11 Å². The zero-order valence-electron chi connectivity index (χ0n) is 37.2. The van der Waals surface area contributed by atoms with Gasteiger partial charge < -0.3 is 28.2 Å². The number of nitro benzene ring substituents is 1. The molecule has 6 rings (SSSR count). The summed E-state index contributed by atoms with van der Waals surface area (Å²) in [7, 11) is 1.95. The minimum absolute atomic E-state index is 0.0206. The Balaban J connectivity index is 1.21. The van der Waals surface area contributed by atoms with Crippen LogP contribution in [-0.2, 0) is 19.4 Å². The minimum Gasteiger partial charge on any atom is -0.497 e. The Hall–Kier alpha value is -6.26. The number of ether oxygens (including phenoxy) is 3. The Morgan fingerprint density at radius 2 is 1.27 bits per heavy atom. The van der Waals surface area contributed by atoms with Gasteiger partial charge >= 0.3 is 0 Å². The van der Waals surface area contributed by atoms with Crippen molar-refractivity contribution in [2.45, 2.75) is 51.8 Å². The number of nitro groups is 1. The van der Waals surface area contributed by atoms with Gasteiger partial charge in [-0.05, 0) is 105 Å². The van der Waals surface area contributed by atoms with Crippen LogP contribution in [0.25, 0.3) is 10.8 Å². The third-order valence-electron chi connectivity index (χ3n) is 10.7. The molecule has 13 nitrogen and oxygen atoms in total. The van der Waals surface area contributed by atoms with Crippen molar-refractivity contribution in [2.24, 2.45) is 10.2 Å². The molecular formula is C50H55N6O7P. The van der Waals surface area contributed by atoms with Crippen molar-refractivity contribution in [3.63, 3.8) is 0 Å². The lowest BCUT2D eigenvalue weighted by molar-refractivity contribution is -0.383. The number of rotatable bonds is 23. The fourth-order valence-electron chi connectivity index (χ4n) is 7.68. The first-order valence-electron chi connectivity index (χ1n) is 21.2. The van der Waals surface area contributed by atoms with Gasteiger partial charge in [0.2, 0.25) is 0 Å². The molecule has 0 radical (unpaired) electrons. The lowest BCUT2D eigenvalue weighted by atomic mass is 9.80. The summed E-state index contributed by atoms with van der Waals surface area (Å²) in [4.78, 5) is 13.4. The lowest BCUT2D eigenvalue weighted by Gasteiger charge is -2.36. The van der Waals surface area contributed by atoms with Crippen LogP contribution in [0.3, 0.4) is 0 Å². The van der Waals surface area contributed by atoms with E-state index in [0.29, 0.717) is 54.2 Å². The van der Waals surface area contributed by atoms with Crippen molar-refractivity contribution in [1.29, 1.82) is 5.26 Å². The summed E-state index contributed by atoms with van der Waals surface area (Å²) in [6.07, 6.45) is 0.279. The van der Waals surface area contributed by atoms with Gasteiger partial charge in [0.05, 0.1) is 61.0 Å². The topological polar surface area (TPSA) is 144 Å². The van der Waals surface area contributed by atoms with Crippen molar-refractivity contribution in [3.05, 3.63) is 166 Å². The van der Waals surface area contributed by atoms with E-state index in [4.69, 9.17) is 23.3 Å². The first kappa shape index (κ1) is 47.2. The molecule has 0 aliphatic rings. The van der Waals surface area contributed by atoms with Crippen LogP contribution in [0.2, 0.25) is 0 Å². The van der Waals surface area contributed by atoms with E-state index in [1.807, 2.05) is 97.1 Å². The number of non-ortho nitro benzene ring substituents is 1. The van der Waals surface area contributed by atoms with E-state index < -0.39 is 19.1 Å². The fourth-order valence-corrected chi connectivity index (χ4v) is 9.26. The monoisotopic (exact) mass is 882 g/mol. The van der Waals surface area contributed by atoms with Crippen molar-refractivity contribution >= 4 is 42.0 Å². The van der Waals surface area contributed by atoms with Gasteiger partial charge in [-0.1, -0.05) is 72.8 Å². The predicted octanol–water partition coefficient (Wildman–Crippen LogP) is 12.3. The molecule has 0 N–H and O–H groups in total. The third-order valence-corrected chi connectivity index (χ3v) is 12.8. The molecule has 0 fully saturated rings. The summed E-state index contributed by atoms with van der Waals surface area (Å²) >= 11 is 0. The molecule has 0 spiro atoms. The molecule has 14 heteroatoms. The van der Waals surface area contributed by atoms with Gasteiger partial charge in [0.15, 0.2) is 0 Å². The quantitative estimate of drug-likeness (QED) is 0.0152. The molecule has 0 saturated heterocycles. The van der Waals surface area contributed by atoms with Crippen LogP contribution in [0.5, 0.6) is 11.5 Å². The average molecular weight is 883 g/mol. The number of hydrogen-bond donors (Lipinski definition) is 0. The van der Waals surface area contributed by atoms with Crippen LogP contribution in [0, 0.1) is 21.4 Å². The number of nitrogens with zero attached hydrogens (tertiary/aromatic N) is 6. The molecule has 0 aliphatic heterocycles. The highest BCUT2D eigenvalue weighted by molar-refractivity contribution is 7.44. The molecule has 0 heterocycles.